The number of ether oxygens (including phenoxy) is 2. The van der Waals surface area contributed by atoms with Gasteiger partial charge in [-0.2, -0.15) is 0 Å². The van der Waals surface area contributed by atoms with Crippen molar-refractivity contribution in [2.75, 3.05) is 0 Å². The number of hydrogen-bond donors (Lipinski definition) is 3. The molecule has 4 rings (SSSR count). The minimum absolute atomic E-state index is 0.109. The molecule has 0 radical (unpaired) electrons. The first-order chi connectivity index (χ1) is 13.5. The van der Waals surface area contributed by atoms with Crippen molar-refractivity contribution in [1.82, 2.24) is 0 Å². The Morgan fingerprint density at radius 2 is 1.97 bits per heavy atom. The van der Waals surface area contributed by atoms with Crippen molar-refractivity contribution in [3.8, 4) is 0 Å². The van der Waals surface area contributed by atoms with Crippen molar-refractivity contribution in [3.05, 3.63) is 24.2 Å². The second kappa shape index (κ2) is 6.80. The molecule has 0 unspecified atom stereocenters. The molecule has 0 aromatic carbocycles. The first kappa shape index (κ1) is 20.8. The van der Waals surface area contributed by atoms with Crippen LogP contribution in [-0.4, -0.2) is 45.4 Å². The van der Waals surface area contributed by atoms with Gasteiger partial charge in [0.05, 0.1) is 30.3 Å². The van der Waals surface area contributed by atoms with Gasteiger partial charge in [-0.05, 0) is 44.6 Å². The lowest BCUT2D eigenvalue weighted by molar-refractivity contribution is -0.287. The summed E-state index contributed by atoms with van der Waals surface area (Å²) in [5, 5.41) is 33.2. The quantitative estimate of drug-likeness (QED) is 0.645. The third-order valence-corrected chi connectivity index (χ3v) is 8.51. The summed E-state index contributed by atoms with van der Waals surface area (Å²) in [6, 6.07) is 1.83. The molecular weight excluding hydrogens is 376 g/mol. The fourth-order valence-corrected chi connectivity index (χ4v) is 6.62. The van der Waals surface area contributed by atoms with Gasteiger partial charge in [0, 0.05) is 29.2 Å². The Morgan fingerprint density at radius 3 is 2.59 bits per heavy atom. The Balaban J connectivity index is 1.81. The molecule has 29 heavy (non-hydrogen) atoms. The smallest absolute Gasteiger partial charge is 0.302 e. The van der Waals surface area contributed by atoms with E-state index in [0.29, 0.717) is 25.7 Å². The number of fused-ring (bicyclic) bond motifs is 2. The molecule has 7 nitrogen and oxygen atoms in total. The van der Waals surface area contributed by atoms with Gasteiger partial charge in [0.15, 0.2) is 6.29 Å². The minimum Gasteiger partial charge on any atom is -0.472 e. The van der Waals surface area contributed by atoms with Crippen molar-refractivity contribution < 1.29 is 34.0 Å². The van der Waals surface area contributed by atoms with Gasteiger partial charge in [0.25, 0.3) is 0 Å². The van der Waals surface area contributed by atoms with Crippen molar-refractivity contribution in [2.45, 2.75) is 83.6 Å². The van der Waals surface area contributed by atoms with Gasteiger partial charge in [-0.25, -0.2) is 0 Å². The van der Waals surface area contributed by atoms with Crippen LogP contribution in [0, 0.1) is 22.7 Å². The third-order valence-electron chi connectivity index (χ3n) is 8.51. The number of furan rings is 1. The highest BCUT2D eigenvalue weighted by atomic mass is 16.6. The molecule has 3 fully saturated rings. The molecule has 7 heteroatoms. The van der Waals surface area contributed by atoms with Crippen molar-refractivity contribution in [3.63, 3.8) is 0 Å². The van der Waals surface area contributed by atoms with Gasteiger partial charge in [-0.3, -0.25) is 4.79 Å². The van der Waals surface area contributed by atoms with Gasteiger partial charge in [0.1, 0.15) is 6.10 Å². The van der Waals surface area contributed by atoms with E-state index in [-0.39, 0.29) is 17.9 Å². The molecule has 3 N–H and O–H groups in total. The van der Waals surface area contributed by atoms with Crippen LogP contribution in [-0.2, 0) is 14.3 Å². The second-order valence-corrected chi connectivity index (χ2v) is 9.70. The molecule has 1 aliphatic heterocycles. The lowest BCUT2D eigenvalue weighted by Crippen LogP contribution is -2.69. The molecule has 162 valence electrons. The largest absolute Gasteiger partial charge is 0.472 e. The number of carbonyl (C=O) groups is 1. The SMILES string of the molecule is CC(=O)O[C@@H]1C[C@@]2(C)[C@H](CC[C@H](O)[C@]2(C)O)[C@]2(C[C@@H](c3ccoc3)O[C@@H]2O)[C@H]1C. The van der Waals surface area contributed by atoms with Crippen LogP contribution in [0.15, 0.2) is 23.0 Å². The highest BCUT2D eigenvalue weighted by Gasteiger charge is 2.71. The number of rotatable bonds is 2. The van der Waals surface area contributed by atoms with E-state index in [1.807, 2.05) is 19.9 Å². The second-order valence-electron chi connectivity index (χ2n) is 9.70. The van der Waals surface area contributed by atoms with Crippen LogP contribution in [0.5, 0.6) is 0 Å². The normalized spacial score (nSPS) is 49.8. The van der Waals surface area contributed by atoms with Crippen LogP contribution in [0.1, 0.15) is 65.0 Å². The summed E-state index contributed by atoms with van der Waals surface area (Å²) in [5.74, 6) is -0.681. The molecule has 9 atom stereocenters. The Morgan fingerprint density at radius 1 is 1.24 bits per heavy atom. The molecule has 2 heterocycles. The Hall–Kier alpha value is -1.41. The summed E-state index contributed by atoms with van der Waals surface area (Å²) in [4.78, 5) is 11.8. The number of aliphatic hydroxyl groups excluding tert-OH is 2. The molecule has 0 bridgehead atoms. The van der Waals surface area contributed by atoms with Gasteiger partial charge < -0.3 is 29.2 Å². The average Bonchev–Trinajstić information content (AvgIpc) is 3.27. The van der Waals surface area contributed by atoms with Crippen LogP contribution >= 0.6 is 0 Å². The monoisotopic (exact) mass is 408 g/mol. The predicted octanol–water partition coefficient (Wildman–Crippen LogP) is 2.55. The number of hydrogen-bond acceptors (Lipinski definition) is 7. The highest BCUT2D eigenvalue weighted by molar-refractivity contribution is 5.66. The Bertz CT molecular complexity index is 759. The topological polar surface area (TPSA) is 109 Å². The summed E-state index contributed by atoms with van der Waals surface area (Å²) in [6.45, 7) is 6.98. The number of esters is 1. The van der Waals surface area contributed by atoms with E-state index < -0.39 is 40.9 Å². The first-order valence-electron chi connectivity index (χ1n) is 10.5. The Labute approximate surface area is 171 Å². The molecule has 3 aliphatic rings. The van der Waals surface area contributed by atoms with E-state index in [4.69, 9.17) is 13.9 Å². The zero-order chi connectivity index (χ0) is 21.2. The van der Waals surface area contributed by atoms with Gasteiger partial charge in [-0.1, -0.05) is 13.8 Å². The summed E-state index contributed by atoms with van der Waals surface area (Å²) in [7, 11) is 0. The van der Waals surface area contributed by atoms with E-state index in [9.17, 15) is 20.1 Å². The lowest BCUT2D eigenvalue weighted by Gasteiger charge is -2.65. The Kier molecular flexibility index (Phi) is 4.89. The lowest BCUT2D eigenvalue weighted by atomic mass is 9.42. The zero-order valence-corrected chi connectivity index (χ0v) is 17.5. The van der Waals surface area contributed by atoms with Crippen LogP contribution in [0.3, 0.4) is 0 Å². The highest BCUT2D eigenvalue weighted by Crippen LogP contribution is 2.68. The molecule has 1 saturated heterocycles. The van der Waals surface area contributed by atoms with E-state index in [1.54, 1.807) is 19.5 Å². The third kappa shape index (κ3) is 2.81. The maximum absolute atomic E-state index is 11.8. The summed E-state index contributed by atoms with van der Waals surface area (Å²) in [5.41, 5.74) is -2.01. The average molecular weight is 408 g/mol. The van der Waals surface area contributed by atoms with Gasteiger partial charge in [-0.15, -0.1) is 0 Å². The van der Waals surface area contributed by atoms with E-state index in [1.165, 1.54) is 6.92 Å². The number of aliphatic hydroxyl groups is 3. The summed E-state index contributed by atoms with van der Waals surface area (Å²) < 4.78 is 16.9. The van der Waals surface area contributed by atoms with Crippen LogP contribution in [0.4, 0.5) is 0 Å². The van der Waals surface area contributed by atoms with Crippen LogP contribution in [0.2, 0.25) is 0 Å². The van der Waals surface area contributed by atoms with Gasteiger partial charge in [0.2, 0.25) is 0 Å². The van der Waals surface area contributed by atoms with Crippen molar-refractivity contribution in [1.29, 1.82) is 0 Å². The molecule has 1 aromatic rings. The van der Waals surface area contributed by atoms with E-state index >= 15 is 0 Å². The summed E-state index contributed by atoms with van der Waals surface area (Å²) in [6.07, 6.45) is 2.46. The fourth-order valence-electron chi connectivity index (χ4n) is 6.62. The first-order valence-corrected chi connectivity index (χ1v) is 10.5. The molecule has 2 aliphatic carbocycles. The van der Waals surface area contributed by atoms with Crippen LogP contribution in [0.25, 0.3) is 0 Å². The van der Waals surface area contributed by atoms with Crippen molar-refractivity contribution in [2.24, 2.45) is 22.7 Å². The van der Waals surface area contributed by atoms with Crippen molar-refractivity contribution >= 4 is 5.97 Å². The maximum Gasteiger partial charge on any atom is 0.302 e. The minimum atomic E-state index is -1.38. The molecular formula is C22H32O7. The molecule has 0 amide bonds. The van der Waals surface area contributed by atoms with E-state index in [0.717, 1.165) is 5.56 Å². The van der Waals surface area contributed by atoms with E-state index in [2.05, 4.69) is 0 Å². The van der Waals surface area contributed by atoms with Gasteiger partial charge >= 0.3 is 5.97 Å². The fraction of sp³-hybridized carbons (Fsp3) is 0.773. The zero-order valence-electron chi connectivity index (χ0n) is 17.5. The van der Waals surface area contributed by atoms with Crippen LogP contribution < -0.4 is 0 Å². The molecule has 1 aromatic heterocycles. The predicted molar refractivity (Wildman–Crippen MR) is 102 cm³/mol. The standard InChI is InChI=1S/C22H32O7/c1-12-15(28-13(2)23)9-20(3)17(5-6-18(24)21(20,4)26)22(12)10-16(29-19(22)25)14-7-8-27-11-14/h7-8,11-12,15-19,24-26H,5-6,9-10H2,1-4H3/t12-,15+,16-,17-,18-,19-,20-,21-,22-/m0/s1. The number of carbonyl (C=O) groups excluding carboxylic acids is 1. The molecule has 1 spiro atoms. The summed E-state index contributed by atoms with van der Waals surface area (Å²) >= 11 is 0. The molecule has 2 saturated carbocycles. The maximum atomic E-state index is 11.8.